The minimum absolute atomic E-state index is 0.00329. The molecule has 9 heteroatoms. The lowest BCUT2D eigenvalue weighted by Gasteiger charge is -2.38. The molecule has 6 rings (SSSR count). The van der Waals surface area contributed by atoms with E-state index in [2.05, 4.69) is 22.0 Å². The van der Waals surface area contributed by atoms with Crippen molar-refractivity contribution in [2.45, 2.75) is 66.9 Å². The molecule has 3 fully saturated rings. The molecule has 0 N–H and O–H groups in total. The molecule has 1 aromatic carbocycles. The van der Waals surface area contributed by atoms with E-state index in [9.17, 15) is 17.8 Å². The number of benzene rings is 1. The van der Waals surface area contributed by atoms with Crippen molar-refractivity contribution in [3.8, 4) is 0 Å². The molecule has 3 heterocycles. The monoisotopic (exact) mass is 568 g/mol. The molecule has 2 spiro atoms. The molecule has 1 aromatic heterocycles. The number of amides is 1. The SMILES string of the molecule is O=C(c1csc(S(=O)N2CCC(F)(F)CC2)c1)N1CC2(CCC3(CC3)CC2)c2cc(Br)ccc21. The van der Waals surface area contributed by atoms with Gasteiger partial charge in [0.05, 0.1) is 5.56 Å². The van der Waals surface area contributed by atoms with E-state index in [1.165, 1.54) is 42.6 Å². The molecule has 1 unspecified atom stereocenters. The molecule has 2 aliphatic heterocycles. The van der Waals surface area contributed by atoms with Gasteiger partial charge in [0.15, 0.2) is 0 Å². The average molecular weight is 570 g/mol. The molecule has 1 atom stereocenters. The number of hydrogen-bond donors (Lipinski definition) is 0. The van der Waals surface area contributed by atoms with E-state index in [1.807, 2.05) is 17.0 Å². The maximum absolute atomic E-state index is 13.7. The lowest BCUT2D eigenvalue weighted by Crippen LogP contribution is -2.40. The van der Waals surface area contributed by atoms with Gasteiger partial charge >= 0.3 is 0 Å². The summed E-state index contributed by atoms with van der Waals surface area (Å²) in [7, 11) is -1.52. The van der Waals surface area contributed by atoms with Gasteiger partial charge in [-0.15, -0.1) is 11.3 Å². The summed E-state index contributed by atoms with van der Waals surface area (Å²) in [5, 5.41) is 1.76. The van der Waals surface area contributed by atoms with Gasteiger partial charge in [-0.2, -0.15) is 0 Å². The number of carbonyl (C=O) groups is 1. The molecule has 4 aliphatic rings. The molecule has 2 saturated carbocycles. The van der Waals surface area contributed by atoms with Crippen LogP contribution in [0.25, 0.3) is 0 Å². The fourth-order valence-electron chi connectivity index (χ4n) is 5.97. The number of piperidine rings is 1. The zero-order chi connectivity index (χ0) is 23.7. The Morgan fingerprint density at radius 1 is 1.00 bits per heavy atom. The van der Waals surface area contributed by atoms with Crippen molar-refractivity contribution >= 4 is 49.8 Å². The minimum atomic E-state index is -2.68. The normalized spacial score (nSPS) is 25.4. The third-order valence-corrected chi connectivity index (χ3v) is 11.7. The summed E-state index contributed by atoms with van der Waals surface area (Å²) in [6.45, 7) is 0.877. The average Bonchev–Trinajstić information content (AvgIpc) is 3.27. The number of alkyl halides is 2. The molecule has 4 nitrogen and oxygen atoms in total. The third-order valence-electron chi connectivity index (χ3n) is 8.43. The highest BCUT2D eigenvalue weighted by molar-refractivity contribution is 9.10. The van der Waals surface area contributed by atoms with E-state index in [0.717, 1.165) is 23.0 Å². The number of anilines is 1. The Morgan fingerprint density at radius 2 is 1.68 bits per heavy atom. The molecular formula is C25H27BrF2N2O2S2. The Hall–Kier alpha value is -1.16. The zero-order valence-electron chi connectivity index (χ0n) is 18.8. The number of nitrogens with zero attached hydrogens (tertiary/aromatic N) is 2. The van der Waals surface area contributed by atoms with Crippen LogP contribution in [0.5, 0.6) is 0 Å². The van der Waals surface area contributed by atoms with Crippen molar-refractivity contribution in [1.29, 1.82) is 0 Å². The van der Waals surface area contributed by atoms with E-state index in [1.54, 1.807) is 15.8 Å². The molecule has 1 saturated heterocycles. The van der Waals surface area contributed by atoms with Crippen molar-refractivity contribution in [2.75, 3.05) is 24.5 Å². The number of carbonyl (C=O) groups excluding carboxylic acids is 1. The van der Waals surface area contributed by atoms with Crippen LogP contribution in [0.1, 0.15) is 67.3 Å². The first kappa shape index (κ1) is 23.3. The number of rotatable bonds is 3. The van der Waals surface area contributed by atoms with Gasteiger partial charge in [0.2, 0.25) is 0 Å². The molecule has 1 amide bonds. The predicted molar refractivity (Wildman–Crippen MR) is 134 cm³/mol. The van der Waals surface area contributed by atoms with Crippen molar-refractivity contribution < 1.29 is 17.8 Å². The van der Waals surface area contributed by atoms with E-state index >= 15 is 0 Å². The summed E-state index contributed by atoms with van der Waals surface area (Å²) in [6.07, 6.45) is 6.83. The summed E-state index contributed by atoms with van der Waals surface area (Å²) in [5.41, 5.74) is 3.34. The van der Waals surface area contributed by atoms with E-state index in [-0.39, 0.29) is 37.3 Å². The molecule has 0 radical (unpaired) electrons. The summed E-state index contributed by atoms with van der Waals surface area (Å²) >= 11 is 4.90. The Morgan fingerprint density at radius 3 is 2.35 bits per heavy atom. The van der Waals surface area contributed by atoms with Crippen molar-refractivity contribution in [3.63, 3.8) is 0 Å². The van der Waals surface area contributed by atoms with Crippen LogP contribution in [-0.4, -0.2) is 40.0 Å². The van der Waals surface area contributed by atoms with Crippen LogP contribution in [-0.2, 0) is 16.4 Å². The van der Waals surface area contributed by atoms with E-state index in [0.29, 0.717) is 21.7 Å². The highest BCUT2D eigenvalue weighted by atomic mass is 79.9. The highest BCUT2D eigenvalue weighted by Crippen LogP contribution is 2.62. The lowest BCUT2D eigenvalue weighted by molar-refractivity contribution is -0.0405. The maximum Gasteiger partial charge on any atom is 0.259 e. The maximum atomic E-state index is 13.7. The number of fused-ring (bicyclic) bond motifs is 2. The van der Waals surface area contributed by atoms with Crippen LogP contribution in [0.2, 0.25) is 0 Å². The van der Waals surface area contributed by atoms with Crippen molar-refractivity contribution in [1.82, 2.24) is 4.31 Å². The smallest absolute Gasteiger partial charge is 0.259 e. The van der Waals surface area contributed by atoms with Gasteiger partial charge in [0, 0.05) is 53.4 Å². The van der Waals surface area contributed by atoms with Gasteiger partial charge in [0.25, 0.3) is 11.8 Å². The van der Waals surface area contributed by atoms with Crippen molar-refractivity contribution in [2.24, 2.45) is 5.41 Å². The first-order valence-electron chi connectivity index (χ1n) is 11.9. The minimum Gasteiger partial charge on any atom is -0.307 e. The topological polar surface area (TPSA) is 40.6 Å². The number of hydrogen-bond acceptors (Lipinski definition) is 3. The van der Waals surface area contributed by atoms with Crippen LogP contribution in [0, 0.1) is 5.41 Å². The van der Waals surface area contributed by atoms with Gasteiger partial charge in [-0.1, -0.05) is 15.9 Å². The molecule has 2 aliphatic carbocycles. The van der Waals surface area contributed by atoms with Crippen LogP contribution < -0.4 is 4.90 Å². The molecule has 182 valence electrons. The summed E-state index contributed by atoms with van der Waals surface area (Å²) in [4.78, 5) is 15.6. The van der Waals surface area contributed by atoms with Gasteiger partial charge in [-0.3, -0.25) is 4.79 Å². The van der Waals surface area contributed by atoms with E-state index in [4.69, 9.17) is 0 Å². The van der Waals surface area contributed by atoms with Gasteiger partial charge in [-0.05, 0) is 73.8 Å². The van der Waals surface area contributed by atoms with E-state index < -0.39 is 16.9 Å². The lowest BCUT2D eigenvalue weighted by atomic mass is 9.66. The Labute approximate surface area is 213 Å². The molecule has 0 bridgehead atoms. The first-order valence-corrected chi connectivity index (χ1v) is 14.7. The second-order valence-corrected chi connectivity index (χ2v) is 14.1. The van der Waals surface area contributed by atoms with Gasteiger partial charge in [-0.25, -0.2) is 17.3 Å². The Balaban J connectivity index is 1.23. The van der Waals surface area contributed by atoms with Gasteiger partial charge < -0.3 is 4.90 Å². The summed E-state index contributed by atoms with van der Waals surface area (Å²) in [5.74, 6) is -2.75. The van der Waals surface area contributed by atoms with Crippen LogP contribution in [0.4, 0.5) is 14.5 Å². The van der Waals surface area contributed by atoms with Gasteiger partial charge in [0.1, 0.15) is 15.2 Å². The fourth-order valence-corrected chi connectivity index (χ4v) is 8.72. The number of thiophene rings is 1. The Bertz CT molecular complexity index is 1160. The van der Waals surface area contributed by atoms with Crippen LogP contribution in [0.15, 0.2) is 38.3 Å². The summed E-state index contributed by atoms with van der Waals surface area (Å²) < 4.78 is 43.1. The zero-order valence-corrected chi connectivity index (χ0v) is 22.0. The molecule has 2 aromatic rings. The third kappa shape index (κ3) is 4.00. The Kier molecular flexibility index (Phi) is 5.59. The largest absolute Gasteiger partial charge is 0.307 e. The number of halogens is 3. The quantitative estimate of drug-likeness (QED) is 0.423. The molecule has 34 heavy (non-hydrogen) atoms. The summed E-state index contributed by atoms with van der Waals surface area (Å²) in [6, 6.07) is 7.91. The second-order valence-electron chi connectivity index (χ2n) is 10.5. The van der Waals surface area contributed by atoms with Crippen LogP contribution in [0.3, 0.4) is 0 Å². The van der Waals surface area contributed by atoms with Crippen molar-refractivity contribution in [3.05, 3.63) is 45.2 Å². The fraction of sp³-hybridized carbons (Fsp3) is 0.560. The highest BCUT2D eigenvalue weighted by Gasteiger charge is 2.53. The standard InChI is InChI=1S/C25H27BrF2N2O2S2/c26-18-1-2-20-19(14-18)24(7-5-23(3-4-23)6-8-24)16-30(20)22(31)17-13-21(33-15-17)34(32)29-11-9-25(27,28)10-12-29/h1-2,13-15H,3-12,16H2. The second kappa shape index (κ2) is 8.18. The molecular weight excluding hydrogens is 542 g/mol. The predicted octanol–water partition coefficient (Wildman–Crippen LogP) is 6.52. The van der Waals surface area contributed by atoms with Crippen LogP contribution >= 0.6 is 27.3 Å². The first-order chi connectivity index (χ1) is 16.2.